The van der Waals surface area contributed by atoms with Crippen molar-refractivity contribution in [2.75, 3.05) is 7.11 Å². The number of rotatable bonds is 2. The number of amides is 1. The molecule has 0 spiro atoms. The fraction of sp³-hybridized carbons (Fsp3) is 0.385. The van der Waals surface area contributed by atoms with Gasteiger partial charge in [0.25, 0.3) is 0 Å². The lowest BCUT2D eigenvalue weighted by Gasteiger charge is -2.45. The smallest absolute Gasteiger partial charge is 0.408 e. The number of alkyl carbamates (subject to hydrolysis) is 1. The molecule has 36 heavy (non-hydrogen) atoms. The van der Waals surface area contributed by atoms with Gasteiger partial charge in [-0.15, -0.1) is 0 Å². The maximum Gasteiger partial charge on any atom is 0.408 e. The van der Waals surface area contributed by atoms with Crippen molar-refractivity contribution in [2.24, 2.45) is 5.92 Å². The molecule has 2 aliphatic rings. The van der Waals surface area contributed by atoms with Gasteiger partial charge in [-0.1, -0.05) is 12.1 Å². The second kappa shape index (κ2) is 8.34. The SMILES string of the molecule is COc1cccc2c(C)c3c(c(O)c12)C(=O)[C@]1(O)C(=O)/C(=C/O)C(=O)[C@@H](NC(=O)OC(C)(C)C)[C@@H]1C3. The van der Waals surface area contributed by atoms with Gasteiger partial charge in [-0.3, -0.25) is 14.4 Å². The van der Waals surface area contributed by atoms with Crippen molar-refractivity contribution in [1.29, 1.82) is 0 Å². The fourth-order valence-electron chi connectivity index (χ4n) is 5.12. The third kappa shape index (κ3) is 3.51. The molecular weight excluding hydrogens is 470 g/mol. The molecule has 10 nitrogen and oxygen atoms in total. The van der Waals surface area contributed by atoms with Crippen LogP contribution >= 0.6 is 0 Å². The number of phenolic OH excluding ortho intramolecular Hbond substituents is 1. The largest absolute Gasteiger partial charge is 0.515 e. The Kier molecular flexibility index (Phi) is 5.83. The maximum absolute atomic E-state index is 13.8. The van der Waals surface area contributed by atoms with Crippen molar-refractivity contribution in [3.63, 3.8) is 0 Å². The van der Waals surface area contributed by atoms with Gasteiger partial charge in [-0.25, -0.2) is 4.79 Å². The number of nitrogens with one attached hydrogen (secondary N) is 1. The van der Waals surface area contributed by atoms with Crippen molar-refractivity contribution >= 4 is 34.2 Å². The van der Waals surface area contributed by atoms with Crippen LogP contribution in [0.5, 0.6) is 11.5 Å². The maximum atomic E-state index is 13.8. The number of aromatic hydroxyl groups is 1. The van der Waals surface area contributed by atoms with E-state index in [0.29, 0.717) is 16.5 Å². The number of carbonyl (C=O) groups excluding carboxylic acids is 4. The van der Waals surface area contributed by atoms with E-state index in [-0.39, 0.29) is 29.4 Å². The monoisotopic (exact) mass is 497 g/mol. The van der Waals surface area contributed by atoms with E-state index >= 15 is 0 Å². The van der Waals surface area contributed by atoms with Crippen LogP contribution in [0.3, 0.4) is 0 Å². The average Bonchev–Trinajstić information content (AvgIpc) is 2.80. The minimum Gasteiger partial charge on any atom is -0.515 e. The molecule has 0 unspecified atom stereocenters. The zero-order valence-corrected chi connectivity index (χ0v) is 20.5. The Balaban J connectivity index is 1.95. The molecule has 4 rings (SSSR count). The summed E-state index contributed by atoms with van der Waals surface area (Å²) in [5, 5.41) is 35.5. The Morgan fingerprint density at radius 1 is 1.19 bits per heavy atom. The molecule has 1 saturated carbocycles. The van der Waals surface area contributed by atoms with Crippen LogP contribution in [0, 0.1) is 12.8 Å². The van der Waals surface area contributed by atoms with Crippen LogP contribution < -0.4 is 10.1 Å². The van der Waals surface area contributed by atoms with E-state index in [1.165, 1.54) is 7.11 Å². The number of methoxy groups -OCH3 is 1. The summed E-state index contributed by atoms with van der Waals surface area (Å²) in [7, 11) is 1.40. The highest BCUT2D eigenvalue weighted by Gasteiger charge is 2.64. The first-order valence-corrected chi connectivity index (χ1v) is 11.3. The molecule has 190 valence electrons. The summed E-state index contributed by atoms with van der Waals surface area (Å²) in [4.78, 5) is 52.7. The molecule has 2 aromatic carbocycles. The Morgan fingerprint density at radius 2 is 1.86 bits per heavy atom. The quantitative estimate of drug-likeness (QED) is 0.211. The van der Waals surface area contributed by atoms with Crippen LogP contribution in [0.4, 0.5) is 4.79 Å². The van der Waals surface area contributed by atoms with Crippen molar-refractivity contribution < 1.29 is 44.0 Å². The summed E-state index contributed by atoms with van der Waals surface area (Å²) in [6.45, 7) is 6.54. The second-order valence-electron chi connectivity index (χ2n) is 9.98. The van der Waals surface area contributed by atoms with Crippen molar-refractivity contribution in [1.82, 2.24) is 5.32 Å². The van der Waals surface area contributed by atoms with Gasteiger partial charge < -0.3 is 30.1 Å². The lowest BCUT2D eigenvalue weighted by molar-refractivity contribution is -0.144. The first-order valence-electron chi connectivity index (χ1n) is 11.3. The van der Waals surface area contributed by atoms with Gasteiger partial charge >= 0.3 is 6.09 Å². The molecule has 3 atom stereocenters. The number of aliphatic hydroxyl groups is 2. The number of fused-ring (bicyclic) bond motifs is 3. The molecule has 0 saturated heterocycles. The predicted molar refractivity (Wildman–Crippen MR) is 127 cm³/mol. The highest BCUT2D eigenvalue weighted by molar-refractivity contribution is 6.36. The predicted octanol–water partition coefficient (Wildman–Crippen LogP) is 2.44. The molecule has 1 fully saturated rings. The highest BCUT2D eigenvalue weighted by atomic mass is 16.6. The van der Waals surface area contributed by atoms with E-state index in [9.17, 15) is 34.5 Å². The van der Waals surface area contributed by atoms with E-state index in [1.807, 2.05) is 0 Å². The molecule has 0 radical (unpaired) electrons. The zero-order chi connectivity index (χ0) is 26.7. The average molecular weight is 498 g/mol. The highest BCUT2D eigenvalue weighted by Crippen LogP contribution is 2.49. The zero-order valence-electron chi connectivity index (χ0n) is 20.5. The summed E-state index contributed by atoms with van der Waals surface area (Å²) in [5.41, 5.74) is -3.99. The summed E-state index contributed by atoms with van der Waals surface area (Å²) in [6.07, 6.45) is -1.00. The topological polar surface area (TPSA) is 159 Å². The molecule has 2 aliphatic carbocycles. The minimum atomic E-state index is -2.84. The Morgan fingerprint density at radius 3 is 2.44 bits per heavy atom. The van der Waals surface area contributed by atoms with Crippen LogP contribution in [0.25, 0.3) is 10.8 Å². The third-order valence-electron chi connectivity index (χ3n) is 6.75. The van der Waals surface area contributed by atoms with Gasteiger partial charge in [0.2, 0.25) is 11.6 Å². The molecule has 0 aliphatic heterocycles. The number of carbonyl (C=O) groups is 4. The first-order chi connectivity index (χ1) is 16.8. The summed E-state index contributed by atoms with van der Waals surface area (Å²) < 4.78 is 10.6. The minimum absolute atomic E-state index is 0.208. The summed E-state index contributed by atoms with van der Waals surface area (Å²) >= 11 is 0. The van der Waals surface area contributed by atoms with Gasteiger partial charge in [-0.2, -0.15) is 0 Å². The summed E-state index contributed by atoms with van der Waals surface area (Å²) in [6, 6.07) is 3.45. The molecular formula is C26H27NO9. The van der Waals surface area contributed by atoms with E-state index in [4.69, 9.17) is 9.47 Å². The standard InChI is InChI=1S/C26H27NO9/c1-11-12-7-6-8-16(35-5)17(12)21(30)18-13(11)9-15-19(27-24(33)36-25(2,3)4)20(29)14(10-28)22(31)26(15,34)23(18)32/h6-8,10,15,19,28,30,34H,9H2,1-5H3,(H,27,33)/b14-10+/t15-,19-,26+/m0/s1. The fourth-order valence-corrected chi connectivity index (χ4v) is 5.12. The number of aliphatic hydroxyl groups excluding tert-OH is 1. The molecule has 2 aromatic rings. The summed E-state index contributed by atoms with van der Waals surface area (Å²) in [5.74, 6) is -5.04. The number of ether oxygens (including phenoxy) is 2. The number of phenols is 1. The number of benzene rings is 2. The Hall–Kier alpha value is -3.92. The van der Waals surface area contributed by atoms with Crippen molar-refractivity contribution in [2.45, 2.75) is 51.4 Å². The molecule has 10 heteroatoms. The molecule has 1 amide bonds. The van der Waals surface area contributed by atoms with Gasteiger partial charge in [0, 0.05) is 5.92 Å². The van der Waals surface area contributed by atoms with E-state index in [0.717, 1.165) is 0 Å². The Bertz CT molecular complexity index is 1370. The van der Waals surface area contributed by atoms with Crippen LogP contribution in [0.15, 0.2) is 30.0 Å². The Labute approximate surface area is 206 Å². The van der Waals surface area contributed by atoms with Gasteiger partial charge in [0.15, 0.2) is 11.4 Å². The van der Waals surface area contributed by atoms with Gasteiger partial charge in [-0.05, 0) is 56.7 Å². The van der Waals surface area contributed by atoms with Gasteiger partial charge in [0.05, 0.1) is 24.3 Å². The van der Waals surface area contributed by atoms with E-state index < -0.39 is 57.9 Å². The van der Waals surface area contributed by atoms with E-state index in [1.54, 1.807) is 45.9 Å². The second-order valence-corrected chi connectivity index (χ2v) is 9.98. The molecule has 0 heterocycles. The van der Waals surface area contributed by atoms with Crippen LogP contribution in [0.2, 0.25) is 0 Å². The van der Waals surface area contributed by atoms with Crippen molar-refractivity contribution in [3.05, 3.63) is 46.7 Å². The van der Waals surface area contributed by atoms with Crippen molar-refractivity contribution in [3.8, 4) is 11.5 Å². The number of ketones is 3. The van der Waals surface area contributed by atoms with Crippen LogP contribution in [-0.4, -0.2) is 63.1 Å². The van der Waals surface area contributed by atoms with Crippen LogP contribution in [-0.2, 0) is 20.7 Å². The first kappa shape index (κ1) is 25.2. The number of Topliss-reactive ketones (excluding diaryl/α,β-unsaturated/α-hetero) is 3. The normalized spacial score (nSPS) is 24.9. The number of hydrogen-bond donors (Lipinski definition) is 4. The molecule has 0 aromatic heterocycles. The number of aryl methyl sites for hydroxylation is 1. The van der Waals surface area contributed by atoms with Crippen LogP contribution in [0.1, 0.15) is 42.3 Å². The lowest BCUT2D eigenvalue weighted by Crippen LogP contribution is -2.69. The third-order valence-corrected chi connectivity index (χ3v) is 6.75. The lowest BCUT2D eigenvalue weighted by atomic mass is 9.60. The molecule has 0 bridgehead atoms. The van der Waals surface area contributed by atoms with Gasteiger partial charge in [0.1, 0.15) is 28.7 Å². The molecule has 4 N–H and O–H groups in total. The number of hydrogen-bond acceptors (Lipinski definition) is 9. The van der Waals surface area contributed by atoms with E-state index in [2.05, 4.69) is 5.32 Å².